The van der Waals surface area contributed by atoms with Crippen molar-refractivity contribution in [1.82, 2.24) is 15.2 Å². The number of rotatable bonds is 7. The number of carbonyl (C=O) groups is 2. The van der Waals surface area contributed by atoms with Crippen molar-refractivity contribution in [2.75, 3.05) is 38.4 Å². The van der Waals surface area contributed by atoms with E-state index in [1.54, 1.807) is 0 Å². The molecule has 0 radical (unpaired) electrons. The highest BCUT2D eigenvalue weighted by Crippen LogP contribution is 1.98. The third-order valence-electron chi connectivity index (χ3n) is 1.74. The van der Waals surface area contributed by atoms with Crippen LogP contribution in [-0.2, 0) is 4.79 Å². The molecule has 0 aliphatic carbocycles. The van der Waals surface area contributed by atoms with Crippen molar-refractivity contribution in [3.63, 3.8) is 0 Å². The molecular weight excluding hydrogens is 271 g/mol. The van der Waals surface area contributed by atoms with Crippen LogP contribution in [0.15, 0.2) is 5.29 Å². The van der Waals surface area contributed by atoms with E-state index >= 15 is 0 Å². The van der Waals surface area contributed by atoms with E-state index in [0.717, 1.165) is 4.90 Å². The molecule has 0 aromatic carbocycles. The van der Waals surface area contributed by atoms with Crippen molar-refractivity contribution < 1.29 is 9.59 Å². The Morgan fingerprint density at radius 2 is 1.94 bits per heavy atom. The lowest BCUT2D eigenvalue weighted by atomic mass is 10.5. The van der Waals surface area contributed by atoms with Crippen molar-refractivity contribution in [3.8, 4) is 0 Å². The van der Waals surface area contributed by atoms with Gasteiger partial charge in [-0.15, -0.1) is 28.1 Å². The Balaban J connectivity index is 4.19. The maximum Gasteiger partial charge on any atom is 0.343 e. The number of hydrogen-bond acceptors (Lipinski definition) is 4. The van der Waals surface area contributed by atoms with Crippen molar-refractivity contribution in [1.29, 1.82) is 0 Å². The van der Waals surface area contributed by atoms with Crippen molar-refractivity contribution >= 4 is 35.1 Å². The summed E-state index contributed by atoms with van der Waals surface area (Å²) in [5.41, 5.74) is 0. The second-order valence-electron chi connectivity index (χ2n) is 3.07. The van der Waals surface area contributed by atoms with E-state index in [-0.39, 0.29) is 30.8 Å². The Bertz CT molecular complexity index is 277. The fourth-order valence-electron chi connectivity index (χ4n) is 0.974. The maximum absolute atomic E-state index is 11.6. The number of nitrogens with zero attached hydrogens (tertiary/aromatic N) is 3. The van der Waals surface area contributed by atoms with Gasteiger partial charge in [0.05, 0.1) is 11.8 Å². The van der Waals surface area contributed by atoms with Gasteiger partial charge in [0.2, 0.25) is 5.91 Å². The fourth-order valence-corrected chi connectivity index (χ4v) is 1.23. The van der Waals surface area contributed by atoms with Crippen molar-refractivity contribution in [3.05, 3.63) is 4.91 Å². The third-order valence-corrected chi connectivity index (χ3v) is 2.10. The first-order chi connectivity index (χ1) is 8.06. The quantitative estimate of drug-likeness (QED) is 0.423. The average Bonchev–Trinajstić information content (AvgIpc) is 2.32. The first-order valence-electron chi connectivity index (χ1n) is 4.81. The molecule has 3 amide bonds. The van der Waals surface area contributed by atoms with Crippen molar-refractivity contribution in [2.45, 2.75) is 0 Å². The summed E-state index contributed by atoms with van der Waals surface area (Å²) in [6, 6.07) is -0.679. The fraction of sp³-hybridized carbons (Fsp3) is 0.750. The summed E-state index contributed by atoms with van der Waals surface area (Å²) in [5.74, 6) is 0.0137. The van der Waals surface area contributed by atoms with E-state index in [1.807, 2.05) is 0 Å². The standard InChI is InChI=1S/C8H14Cl2N4O3/c1-13(6-7(15)11-4-2-9)8(16)14(12-17)5-3-10/h2-6H2,1H3,(H,11,15). The van der Waals surface area contributed by atoms with Crippen LogP contribution in [0.5, 0.6) is 0 Å². The highest BCUT2D eigenvalue weighted by molar-refractivity contribution is 6.18. The van der Waals surface area contributed by atoms with Gasteiger partial charge >= 0.3 is 6.03 Å². The number of nitrogens with one attached hydrogen (secondary N) is 1. The van der Waals surface area contributed by atoms with Crippen LogP contribution in [0, 0.1) is 4.91 Å². The van der Waals surface area contributed by atoms with Crippen LogP contribution >= 0.6 is 23.2 Å². The van der Waals surface area contributed by atoms with Gasteiger partial charge in [-0.2, -0.15) is 5.01 Å². The van der Waals surface area contributed by atoms with E-state index in [9.17, 15) is 14.5 Å². The Morgan fingerprint density at radius 3 is 2.41 bits per heavy atom. The van der Waals surface area contributed by atoms with Crippen LogP contribution in [0.25, 0.3) is 0 Å². The second kappa shape index (κ2) is 9.00. The number of halogens is 2. The number of alkyl halides is 2. The molecule has 0 bridgehead atoms. The molecule has 0 atom stereocenters. The number of nitroso groups, excluding NO2 is 1. The van der Waals surface area contributed by atoms with Crippen LogP contribution < -0.4 is 5.32 Å². The summed E-state index contributed by atoms with van der Waals surface area (Å²) < 4.78 is 0. The minimum absolute atomic E-state index is 0.00245. The summed E-state index contributed by atoms with van der Waals surface area (Å²) in [6.45, 7) is 0.140. The molecular formula is C8H14Cl2N4O3. The Labute approximate surface area is 109 Å². The molecule has 0 heterocycles. The van der Waals surface area contributed by atoms with Gasteiger partial charge in [0.1, 0.15) is 6.54 Å². The number of amides is 3. The van der Waals surface area contributed by atoms with E-state index in [2.05, 4.69) is 10.6 Å². The molecule has 1 N–H and O–H groups in total. The Hall–Kier alpha value is -1.08. The Morgan fingerprint density at radius 1 is 1.29 bits per heavy atom. The molecule has 0 aliphatic rings. The summed E-state index contributed by atoms with van der Waals surface area (Å²) in [6.07, 6.45) is 0. The van der Waals surface area contributed by atoms with Gasteiger partial charge in [0, 0.05) is 25.4 Å². The van der Waals surface area contributed by atoms with Gasteiger partial charge in [-0.05, 0) is 0 Å². The van der Waals surface area contributed by atoms with E-state index in [0.29, 0.717) is 11.6 Å². The molecule has 0 rings (SSSR count). The topological polar surface area (TPSA) is 82.1 Å². The number of carbonyl (C=O) groups excluding carboxylic acids is 2. The predicted octanol–water partition coefficient (Wildman–Crippen LogP) is 0.615. The molecule has 0 saturated carbocycles. The lowest BCUT2D eigenvalue weighted by molar-refractivity contribution is -0.121. The summed E-state index contributed by atoms with van der Waals surface area (Å²) in [4.78, 5) is 34.3. The molecule has 7 nitrogen and oxygen atoms in total. The average molecular weight is 285 g/mol. The minimum atomic E-state index is -0.679. The van der Waals surface area contributed by atoms with Gasteiger partial charge in [-0.3, -0.25) is 4.79 Å². The van der Waals surface area contributed by atoms with Crippen molar-refractivity contribution in [2.24, 2.45) is 5.29 Å². The summed E-state index contributed by atoms with van der Waals surface area (Å²) in [5, 5.41) is 5.67. The lowest BCUT2D eigenvalue weighted by Gasteiger charge is -2.20. The normalized spacial score (nSPS) is 9.59. The minimum Gasteiger partial charge on any atom is -0.353 e. The first-order valence-corrected chi connectivity index (χ1v) is 5.88. The van der Waals surface area contributed by atoms with Crippen LogP contribution in [0.4, 0.5) is 4.79 Å². The number of urea groups is 1. The lowest BCUT2D eigenvalue weighted by Crippen LogP contribution is -2.44. The molecule has 0 unspecified atom stereocenters. The van der Waals surface area contributed by atoms with Crippen LogP contribution in [-0.4, -0.2) is 60.3 Å². The largest absolute Gasteiger partial charge is 0.353 e. The zero-order chi connectivity index (χ0) is 13.3. The zero-order valence-corrected chi connectivity index (χ0v) is 10.9. The molecule has 0 saturated heterocycles. The van der Waals surface area contributed by atoms with Crippen LogP contribution in [0.2, 0.25) is 0 Å². The van der Waals surface area contributed by atoms with Crippen LogP contribution in [0.1, 0.15) is 0 Å². The molecule has 0 fully saturated rings. The molecule has 0 spiro atoms. The number of likely N-dealkylation sites (N-methyl/N-ethyl adjacent to an activating group) is 1. The van der Waals surface area contributed by atoms with Gasteiger partial charge in [0.25, 0.3) is 0 Å². The molecule has 0 aromatic rings. The molecule has 98 valence electrons. The van der Waals surface area contributed by atoms with E-state index in [1.165, 1.54) is 7.05 Å². The molecule has 0 aliphatic heterocycles. The monoisotopic (exact) mass is 284 g/mol. The van der Waals surface area contributed by atoms with E-state index in [4.69, 9.17) is 23.2 Å². The smallest absolute Gasteiger partial charge is 0.343 e. The maximum atomic E-state index is 11.6. The highest BCUT2D eigenvalue weighted by atomic mass is 35.5. The first kappa shape index (κ1) is 15.9. The van der Waals surface area contributed by atoms with Gasteiger partial charge in [0.15, 0.2) is 0 Å². The summed E-state index contributed by atoms with van der Waals surface area (Å²) >= 11 is 10.8. The van der Waals surface area contributed by atoms with E-state index < -0.39 is 6.03 Å². The van der Waals surface area contributed by atoms with Gasteiger partial charge in [-0.1, -0.05) is 0 Å². The molecule has 17 heavy (non-hydrogen) atoms. The van der Waals surface area contributed by atoms with Gasteiger partial charge < -0.3 is 10.2 Å². The summed E-state index contributed by atoms with van der Waals surface area (Å²) in [7, 11) is 1.38. The van der Waals surface area contributed by atoms with Crippen LogP contribution in [0.3, 0.4) is 0 Å². The third kappa shape index (κ3) is 6.28. The Kier molecular flexibility index (Phi) is 8.43. The molecule has 9 heteroatoms. The SMILES string of the molecule is CN(CC(=O)NCCCl)C(=O)N(CCCl)N=O. The zero-order valence-electron chi connectivity index (χ0n) is 9.36. The van der Waals surface area contributed by atoms with Gasteiger partial charge in [-0.25, -0.2) is 4.79 Å². The highest BCUT2D eigenvalue weighted by Gasteiger charge is 2.19. The predicted molar refractivity (Wildman–Crippen MR) is 65.0 cm³/mol. The second-order valence-corrected chi connectivity index (χ2v) is 3.83. The number of hydrogen-bond donors (Lipinski definition) is 1. The molecule has 0 aromatic heterocycles.